The number of para-hydroxylation sites is 2. The fourth-order valence-corrected chi connectivity index (χ4v) is 3.21. The van der Waals surface area contributed by atoms with Crippen LogP contribution < -0.4 is 10.6 Å². The Balaban J connectivity index is 1.95. The molecule has 2 aromatic rings. The molecule has 1 atom stereocenters. The molecule has 0 radical (unpaired) electrons. The van der Waals surface area contributed by atoms with Gasteiger partial charge in [0.1, 0.15) is 11.6 Å². The molecule has 0 aliphatic carbocycles. The summed E-state index contributed by atoms with van der Waals surface area (Å²) >= 11 is 3.05. The lowest BCUT2D eigenvalue weighted by atomic mass is 9.97. The van der Waals surface area contributed by atoms with E-state index in [4.69, 9.17) is 5.73 Å². The van der Waals surface area contributed by atoms with E-state index in [1.807, 2.05) is 0 Å². The first-order valence-electron chi connectivity index (χ1n) is 6.76. The third-order valence-corrected chi connectivity index (χ3v) is 4.26. The quantitative estimate of drug-likeness (QED) is 0.821. The van der Waals surface area contributed by atoms with Crippen LogP contribution in [0.4, 0.5) is 20.2 Å². The van der Waals surface area contributed by atoms with Gasteiger partial charge in [0.25, 0.3) is 0 Å². The molecule has 0 saturated carbocycles. The largest absolute Gasteiger partial charge is 0.397 e. The molecule has 1 aliphatic rings. The van der Waals surface area contributed by atoms with Crippen LogP contribution in [0.1, 0.15) is 17.9 Å². The molecule has 0 spiro atoms. The molecule has 2 N–H and O–H groups in total. The van der Waals surface area contributed by atoms with E-state index in [0.717, 1.165) is 0 Å². The topological polar surface area (TPSA) is 46.3 Å². The Kier molecular flexibility index (Phi) is 3.87. The van der Waals surface area contributed by atoms with Gasteiger partial charge in [-0.05, 0) is 24.3 Å². The van der Waals surface area contributed by atoms with Crippen LogP contribution in [0.25, 0.3) is 0 Å². The van der Waals surface area contributed by atoms with Crippen molar-refractivity contribution in [3.05, 3.63) is 58.1 Å². The van der Waals surface area contributed by atoms with Gasteiger partial charge in [0.2, 0.25) is 5.91 Å². The van der Waals surface area contributed by atoms with E-state index >= 15 is 0 Å². The predicted octanol–water partition coefficient (Wildman–Crippen LogP) is 3.83. The molecule has 114 valence electrons. The fourth-order valence-electron chi connectivity index (χ4n) is 2.81. The van der Waals surface area contributed by atoms with Crippen LogP contribution in [0, 0.1) is 11.6 Å². The van der Waals surface area contributed by atoms with Crippen LogP contribution in [-0.4, -0.2) is 12.5 Å². The number of carbonyl (C=O) groups excluding carboxylic acids is 1. The van der Waals surface area contributed by atoms with Crippen molar-refractivity contribution in [2.75, 3.05) is 17.2 Å². The van der Waals surface area contributed by atoms with Gasteiger partial charge in [0.15, 0.2) is 0 Å². The van der Waals surface area contributed by atoms with E-state index in [1.165, 1.54) is 17.0 Å². The molecule has 0 bridgehead atoms. The molecule has 2 aromatic carbocycles. The molecule has 22 heavy (non-hydrogen) atoms. The maximum absolute atomic E-state index is 14.1. The van der Waals surface area contributed by atoms with Crippen LogP contribution >= 0.6 is 15.9 Å². The van der Waals surface area contributed by atoms with Gasteiger partial charge in [-0.1, -0.05) is 28.1 Å². The van der Waals surface area contributed by atoms with Gasteiger partial charge in [-0.3, -0.25) is 4.79 Å². The Bertz CT molecular complexity index is 728. The van der Waals surface area contributed by atoms with E-state index in [-0.39, 0.29) is 24.4 Å². The molecule has 0 aromatic heterocycles. The van der Waals surface area contributed by atoms with Crippen molar-refractivity contribution in [3.8, 4) is 0 Å². The molecule has 1 aliphatic heterocycles. The highest BCUT2D eigenvalue weighted by Gasteiger charge is 2.35. The van der Waals surface area contributed by atoms with Crippen molar-refractivity contribution in [1.29, 1.82) is 0 Å². The average molecular weight is 367 g/mol. The second-order valence-corrected chi connectivity index (χ2v) is 6.16. The minimum absolute atomic E-state index is 0.0476. The van der Waals surface area contributed by atoms with E-state index in [2.05, 4.69) is 15.9 Å². The molecule has 1 fully saturated rings. The number of anilines is 2. The lowest BCUT2D eigenvalue weighted by molar-refractivity contribution is -0.117. The van der Waals surface area contributed by atoms with Crippen molar-refractivity contribution >= 4 is 33.2 Å². The van der Waals surface area contributed by atoms with Gasteiger partial charge in [0, 0.05) is 28.9 Å². The first kappa shape index (κ1) is 15.0. The summed E-state index contributed by atoms with van der Waals surface area (Å²) in [5.74, 6) is -2.01. The van der Waals surface area contributed by atoms with Gasteiger partial charge in [-0.25, -0.2) is 8.78 Å². The lowest BCUT2D eigenvalue weighted by Gasteiger charge is -2.19. The van der Waals surface area contributed by atoms with Crippen molar-refractivity contribution in [3.63, 3.8) is 0 Å². The molecule has 6 heteroatoms. The van der Waals surface area contributed by atoms with Crippen molar-refractivity contribution in [2.24, 2.45) is 0 Å². The average Bonchev–Trinajstić information content (AvgIpc) is 2.79. The zero-order valence-corrected chi connectivity index (χ0v) is 13.1. The number of halogens is 3. The number of hydrogen-bond acceptors (Lipinski definition) is 2. The first-order chi connectivity index (χ1) is 10.5. The number of nitrogens with two attached hydrogens (primary N) is 1. The number of nitrogen functional groups attached to an aromatic ring is 1. The zero-order valence-electron chi connectivity index (χ0n) is 11.5. The highest BCUT2D eigenvalue weighted by atomic mass is 79.9. The number of rotatable bonds is 2. The van der Waals surface area contributed by atoms with E-state index < -0.39 is 17.6 Å². The summed E-state index contributed by atoms with van der Waals surface area (Å²) in [7, 11) is 0. The lowest BCUT2D eigenvalue weighted by Crippen LogP contribution is -2.25. The van der Waals surface area contributed by atoms with Crippen molar-refractivity contribution < 1.29 is 13.6 Å². The standard InChI is InChI=1S/C16H13BrF2N2O/c17-10-6-11(18)16(12(19)7-10)9-5-15(22)21(8-9)14-4-2-1-3-13(14)20/h1-4,6-7,9H,5,8,20H2/t9-/m0/s1. The maximum atomic E-state index is 14.1. The summed E-state index contributed by atoms with van der Waals surface area (Å²) in [5, 5.41) is 0. The molecule has 3 rings (SSSR count). The molecule has 1 heterocycles. The molecule has 0 unspecified atom stereocenters. The summed E-state index contributed by atoms with van der Waals surface area (Å²) in [4.78, 5) is 13.7. The second kappa shape index (κ2) is 5.68. The summed E-state index contributed by atoms with van der Waals surface area (Å²) in [6.07, 6.45) is 0.0593. The van der Waals surface area contributed by atoms with Crippen LogP contribution in [0.5, 0.6) is 0 Å². The number of hydrogen-bond donors (Lipinski definition) is 1. The Morgan fingerprint density at radius 3 is 2.45 bits per heavy atom. The highest BCUT2D eigenvalue weighted by Crippen LogP contribution is 2.37. The normalized spacial score (nSPS) is 18.0. The summed E-state index contributed by atoms with van der Waals surface area (Å²) in [6, 6.07) is 9.38. The number of amides is 1. The summed E-state index contributed by atoms with van der Waals surface area (Å²) in [5.41, 5.74) is 6.87. The van der Waals surface area contributed by atoms with Crippen LogP contribution in [0.2, 0.25) is 0 Å². The van der Waals surface area contributed by atoms with Gasteiger partial charge in [0.05, 0.1) is 11.4 Å². The second-order valence-electron chi connectivity index (χ2n) is 5.25. The first-order valence-corrected chi connectivity index (χ1v) is 7.56. The number of benzene rings is 2. The minimum atomic E-state index is -0.646. The third kappa shape index (κ3) is 2.59. The van der Waals surface area contributed by atoms with E-state index in [1.54, 1.807) is 24.3 Å². The van der Waals surface area contributed by atoms with Gasteiger partial charge in [-0.15, -0.1) is 0 Å². The molecular formula is C16H13BrF2N2O. The van der Waals surface area contributed by atoms with Crippen molar-refractivity contribution in [2.45, 2.75) is 12.3 Å². The SMILES string of the molecule is Nc1ccccc1N1C[C@@H](c2c(F)cc(Br)cc2F)CC1=O. The number of nitrogens with zero attached hydrogens (tertiary/aromatic N) is 1. The van der Waals surface area contributed by atoms with Gasteiger partial charge < -0.3 is 10.6 Å². The Morgan fingerprint density at radius 2 is 1.82 bits per heavy atom. The zero-order chi connectivity index (χ0) is 15.9. The van der Waals surface area contributed by atoms with Crippen LogP contribution in [-0.2, 0) is 4.79 Å². The van der Waals surface area contributed by atoms with Gasteiger partial charge in [-0.2, -0.15) is 0 Å². The smallest absolute Gasteiger partial charge is 0.227 e. The highest BCUT2D eigenvalue weighted by molar-refractivity contribution is 9.10. The molecule has 3 nitrogen and oxygen atoms in total. The molecular weight excluding hydrogens is 354 g/mol. The Hall–Kier alpha value is -1.95. The van der Waals surface area contributed by atoms with E-state index in [9.17, 15) is 13.6 Å². The Labute approximate surface area is 134 Å². The minimum Gasteiger partial charge on any atom is -0.397 e. The van der Waals surface area contributed by atoms with Crippen LogP contribution in [0.15, 0.2) is 40.9 Å². The maximum Gasteiger partial charge on any atom is 0.227 e. The van der Waals surface area contributed by atoms with E-state index in [0.29, 0.717) is 15.8 Å². The Morgan fingerprint density at radius 1 is 1.18 bits per heavy atom. The summed E-state index contributed by atoms with van der Waals surface area (Å²) in [6.45, 7) is 0.211. The fraction of sp³-hybridized carbons (Fsp3) is 0.188. The number of carbonyl (C=O) groups is 1. The van der Waals surface area contributed by atoms with Crippen molar-refractivity contribution in [1.82, 2.24) is 0 Å². The van der Waals surface area contributed by atoms with Gasteiger partial charge >= 0.3 is 0 Å². The third-order valence-electron chi connectivity index (χ3n) is 3.80. The summed E-state index contributed by atoms with van der Waals surface area (Å²) < 4.78 is 28.5. The molecule has 1 amide bonds. The molecule has 1 saturated heterocycles. The van der Waals surface area contributed by atoms with Crippen LogP contribution in [0.3, 0.4) is 0 Å². The predicted molar refractivity (Wildman–Crippen MR) is 84.6 cm³/mol. The monoisotopic (exact) mass is 366 g/mol.